The van der Waals surface area contributed by atoms with Gasteiger partial charge in [-0.05, 0) is 29.3 Å². The highest BCUT2D eigenvalue weighted by molar-refractivity contribution is 5.45. The van der Waals surface area contributed by atoms with Crippen LogP contribution in [0.5, 0.6) is 11.5 Å². The Morgan fingerprint density at radius 3 is 2.75 bits per heavy atom. The predicted molar refractivity (Wildman–Crippen MR) is 67.6 cm³/mol. The first kappa shape index (κ1) is 12.9. The Balaban J connectivity index is 1.82. The first-order valence-electron chi connectivity index (χ1n) is 6.15. The lowest BCUT2D eigenvalue weighted by molar-refractivity contribution is 0.171. The summed E-state index contributed by atoms with van der Waals surface area (Å²) in [6, 6.07) is 8.92. The minimum Gasteiger partial charge on any atom is -0.454 e. The Labute approximate surface area is 114 Å². The highest BCUT2D eigenvalue weighted by Gasteiger charge is 2.18. The van der Waals surface area contributed by atoms with E-state index in [2.05, 4.69) is 0 Å². The molecular formula is C15H12F2O3. The molecule has 0 aliphatic carbocycles. The van der Waals surface area contributed by atoms with Crippen molar-refractivity contribution in [1.82, 2.24) is 0 Å². The smallest absolute Gasteiger partial charge is 0.231 e. The number of rotatable bonds is 3. The summed E-state index contributed by atoms with van der Waals surface area (Å²) in [6.45, 7) is 0.146. The van der Waals surface area contributed by atoms with Crippen molar-refractivity contribution in [3.8, 4) is 11.5 Å². The van der Waals surface area contributed by atoms with E-state index < -0.39 is 17.7 Å². The molecule has 1 aliphatic rings. The number of benzene rings is 2. The van der Waals surface area contributed by atoms with Crippen LogP contribution >= 0.6 is 0 Å². The molecule has 0 bridgehead atoms. The van der Waals surface area contributed by atoms with Crippen molar-refractivity contribution in [1.29, 1.82) is 0 Å². The van der Waals surface area contributed by atoms with Gasteiger partial charge in [0, 0.05) is 6.42 Å². The lowest BCUT2D eigenvalue weighted by atomic mass is 10.0. The van der Waals surface area contributed by atoms with Crippen LogP contribution in [0.3, 0.4) is 0 Å². The minimum atomic E-state index is -0.944. The van der Waals surface area contributed by atoms with Gasteiger partial charge in [0.05, 0.1) is 6.10 Å². The molecule has 3 nitrogen and oxygen atoms in total. The van der Waals surface area contributed by atoms with Crippen LogP contribution in [0.2, 0.25) is 0 Å². The second kappa shape index (κ2) is 5.09. The Morgan fingerprint density at radius 2 is 1.90 bits per heavy atom. The van der Waals surface area contributed by atoms with Crippen molar-refractivity contribution < 1.29 is 23.4 Å². The van der Waals surface area contributed by atoms with Crippen molar-refractivity contribution in [3.05, 3.63) is 59.2 Å². The molecule has 0 saturated carbocycles. The molecule has 1 unspecified atom stereocenters. The van der Waals surface area contributed by atoms with Crippen LogP contribution < -0.4 is 9.47 Å². The molecule has 1 heterocycles. The largest absolute Gasteiger partial charge is 0.454 e. The van der Waals surface area contributed by atoms with E-state index in [4.69, 9.17) is 9.47 Å². The van der Waals surface area contributed by atoms with Gasteiger partial charge in [0.2, 0.25) is 6.79 Å². The Kier molecular flexibility index (Phi) is 3.28. The molecule has 1 N–H and O–H groups in total. The first-order chi connectivity index (χ1) is 9.65. The molecule has 104 valence electrons. The molecule has 0 aromatic heterocycles. The van der Waals surface area contributed by atoms with Gasteiger partial charge >= 0.3 is 0 Å². The maximum atomic E-state index is 13.6. The van der Waals surface area contributed by atoms with E-state index in [1.165, 1.54) is 12.1 Å². The highest BCUT2D eigenvalue weighted by atomic mass is 19.2. The molecular weight excluding hydrogens is 266 g/mol. The molecule has 0 spiro atoms. The van der Waals surface area contributed by atoms with Crippen molar-refractivity contribution in [2.45, 2.75) is 12.5 Å². The number of hydrogen-bond acceptors (Lipinski definition) is 3. The second-order valence-electron chi connectivity index (χ2n) is 4.55. The van der Waals surface area contributed by atoms with Crippen molar-refractivity contribution in [2.75, 3.05) is 6.79 Å². The third-order valence-electron chi connectivity index (χ3n) is 3.23. The molecule has 0 fully saturated rings. The fraction of sp³-hybridized carbons (Fsp3) is 0.200. The summed E-state index contributed by atoms with van der Waals surface area (Å²) < 4.78 is 37.1. The molecule has 1 atom stereocenters. The van der Waals surface area contributed by atoms with E-state index >= 15 is 0 Å². The minimum absolute atomic E-state index is 0.0107. The Morgan fingerprint density at radius 1 is 1.10 bits per heavy atom. The van der Waals surface area contributed by atoms with Crippen molar-refractivity contribution >= 4 is 0 Å². The number of halogens is 2. The summed E-state index contributed by atoms with van der Waals surface area (Å²) in [4.78, 5) is 0. The summed E-state index contributed by atoms with van der Waals surface area (Å²) in [5.41, 5.74) is 0.702. The monoisotopic (exact) mass is 278 g/mol. The molecule has 3 rings (SSSR count). The number of aliphatic hydroxyl groups is 1. The van der Waals surface area contributed by atoms with Gasteiger partial charge < -0.3 is 14.6 Å². The van der Waals surface area contributed by atoms with E-state index in [9.17, 15) is 13.9 Å². The zero-order valence-electron chi connectivity index (χ0n) is 10.5. The summed E-state index contributed by atoms with van der Waals surface area (Å²) >= 11 is 0. The molecule has 1 aliphatic heterocycles. The standard InChI is InChI=1S/C15H12F2O3/c16-11-3-1-2-10(15(11)17)6-12(18)9-4-5-13-14(7-9)20-8-19-13/h1-5,7,12,18H,6,8H2. The van der Waals surface area contributed by atoms with Crippen LogP contribution in [-0.2, 0) is 6.42 Å². The molecule has 2 aromatic rings. The Hall–Kier alpha value is -2.14. The molecule has 0 amide bonds. The van der Waals surface area contributed by atoms with Crippen LogP contribution in [0, 0.1) is 11.6 Å². The van der Waals surface area contributed by atoms with Gasteiger partial charge in [0.15, 0.2) is 23.1 Å². The third kappa shape index (κ3) is 2.32. The first-order valence-corrected chi connectivity index (χ1v) is 6.15. The van der Waals surface area contributed by atoms with Gasteiger partial charge in [-0.25, -0.2) is 8.78 Å². The van der Waals surface area contributed by atoms with Crippen molar-refractivity contribution in [3.63, 3.8) is 0 Å². The van der Waals surface area contributed by atoms with Gasteiger partial charge in [0.1, 0.15) is 0 Å². The molecule has 20 heavy (non-hydrogen) atoms. The second-order valence-corrected chi connectivity index (χ2v) is 4.55. The summed E-state index contributed by atoms with van der Waals surface area (Å²) in [7, 11) is 0. The number of ether oxygens (including phenoxy) is 2. The maximum absolute atomic E-state index is 13.6. The van der Waals surface area contributed by atoms with E-state index in [-0.39, 0.29) is 18.8 Å². The molecule has 2 aromatic carbocycles. The lowest BCUT2D eigenvalue weighted by Crippen LogP contribution is -2.04. The fourth-order valence-electron chi connectivity index (χ4n) is 2.15. The molecule has 0 saturated heterocycles. The predicted octanol–water partition coefficient (Wildman–Crippen LogP) is 2.97. The number of aliphatic hydroxyl groups excluding tert-OH is 1. The van der Waals surface area contributed by atoms with E-state index in [0.717, 1.165) is 6.07 Å². The van der Waals surface area contributed by atoms with Crippen LogP contribution in [-0.4, -0.2) is 11.9 Å². The normalized spacial score (nSPS) is 14.3. The average molecular weight is 278 g/mol. The zero-order chi connectivity index (χ0) is 14.1. The van der Waals surface area contributed by atoms with Crippen LogP contribution in [0.4, 0.5) is 8.78 Å². The number of hydrogen-bond donors (Lipinski definition) is 1. The summed E-state index contributed by atoms with van der Waals surface area (Å²) in [5.74, 6) is -0.688. The van der Waals surface area contributed by atoms with E-state index in [1.807, 2.05) is 0 Å². The van der Waals surface area contributed by atoms with Gasteiger partial charge in [-0.1, -0.05) is 18.2 Å². The fourth-order valence-corrected chi connectivity index (χ4v) is 2.15. The quantitative estimate of drug-likeness (QED) is 0.938. The highest BCUT2D eigenvalue weighted by Crippen LogP contribution is 2.35. The van der Waals surface area contributed by atoms with Crippen LogP contribution in [0.1, 0.15) is 17.2 Å². The molecule has 5 heteroatoms. The van der Waals surface area contributed by atoms with E-state index in [0.29, 0.717) is 17.1 Å². The Bertz CT molecular complexity index is 643. The maximum Gasteiger partial charge on any atom is 0.231 e. The van der Waals surface area contributed by atoms with Gasteiger partial charge in [-0.2, -0.15) is 0 Å². The van der Waals surface area contributed by atoms with Crippen LogP contribution in [0.15, 0.2) is 36.4 Å². The SMILES string of the molecule is OC(Cc1cccc(F)c1F)c1ccc2c(c1)OCO2. The van der Waals surface area contributed by atoms with Gasteiger partial charge in [0.25, 0.3) is 0 Å². The lowest BCUT2D eigenvalue weighted by Gasteiger charge is -2.12. The topological polar surface area (TPSA) is 38.7 Å². The van der Waals surface area contributed by atoms with Gasteiger partial charge in [-0.3, -0.25) is 0 Å². The zero-order valence-corrected chi connectivity index (χ0v) is 10.5. The van der Waals surface area contributed by atoms with Crippen LogP contribution in [0.25, 0.3) is 0 Å². The average Bonchev–Trinajstić information content (AvgIpc) is 2.91. The summed E-state index contributed by atoms with van der Waals surface area (Å²) in [5, 5.41) is 10.1. The number of fused-ring (bicyclic) bond motifs is 1. The van der Waals surface area contributed by atoms with Crippen molar-refractivity contribution in [2.24, 2.45) is 0 Å². The van der Waals surface area contributed by atoms with E-state index in [1.54, 1.807) is 18.2 Å². The molecule has 0 radical (unpaired) electrons. The van der Waals surface area contributed by atoms with Gasteiger partial charge in [-0.15, -0.1) is 0 Å². The summed E-state index contributed by atoms with van der Waals surface area (Å²) in [6.07, 6.45) is -0.954. The third-order valence-corrected chi connectivity index (χ3v) is 3.23.